The van der Waals surface area contributed by atoms with Crippen LogP contribution < -0.4 is 16.5 Å². The number of pyridine rings is 1. The summed E-state index contributed by atoms with van der Waals surface area (Å²) in [6.45, 7) is 6.10. The van der Waals surface area contributed by atoms with Crippen LogP contribution in [0.15, 0.2) is 33.9 Å². The van der Waals surface area contributed by atoms with Crippen LogP contribution in [0.25, 0.3) is 0 Å². The summed E-state index contributed by atoms with van der Waals surface area (Å²) in [4.78, 5) is 16.8. The second-order valence-corrected chi connectivity index (χ2v) is 7.52. The van der Waals surface area contributed by atoms with Crippen LogP contribution >= 0.6 is 12.2 Å². The topological polar surface area (TPSA) is 106 Å². The van der Waals surface area contributed by atoms with Crippen molar-refractivity contribution >= 4 is 34.8 Å². The van der Waals surface area contributed by atoms with E-state index < -0.39 is 0 Å². The van der Waals surface area contributed by atoms with Gasteiger partial charge in [0.1, 0.15) is 11.6 Å². The molecule has 8 heteroatoms. The first-order valence-corrected chi connectivity index (χ1v) is 8.65. The normalized spacial score (nSPS) is 16.8. The van der Waals surface area contributed by atoms with E-state index in [0.29, 0.717) is 12.2 Å². The molecule has 0 fully saturated rings. The van der Waals surface area contributed by atoms with Crippen molar-refractivity contribution in [3.05, 3.63) is 47.0 Å². The number of fused-ring (bicyclic) bond motifs is 1. The lowest BCUT2D eigenvalue weighted by Crippen LogP contribution is -2.31. The predicted molar refractivity (Wildman–Crippen MR) is 104 cm³/mol. The van der Waals surface area contributed by atoms with E-state index >= 15 is 0 Å². The van der Waals surface area contributed by atoms with Crippen LogP contribution in [0.1, 0.15) is 47.7 Å². The summed E-state index contributed by atoms with van der Waals surface area (Å²) in [5.41, 5.74) is 10.5. The Labute approximate surface area is 157 Å². The average Bonchev–Trinajstić information content (AvgIpc) is 2.89. The highest BCUT2D eigenvalue weighted by molar-refractivity contribution is 7.80. The van der Waals surface area contributed by atoms with Crippen molar-refractivity contribution in [2.24, 2.45) is 16.3 Å². The van der Waals surface area contributed by atoms with E-state index in [9.17, 15) is 4.79 Å². The molecule has 3 rings (SSSR count). The molecule has 4 N–H and O–H groups in total. The molecule has 0 atom stereocenters. The largest absolute Gasteiger partial charge is 0.455 e. The molecule has 0 saturated carbocycles. The maximum absolute atomic E-state index is 12.6. The molecule has 2 aromatic rings. The van der Waals surface area contributed by atoms with Gasteiger partial charge in [0, 0.05) is 23.7 Å². The smallest absolute Gasteiger partial charge is 0.292 e. The molecule has 1 amide bonds. The number of nitrogens with two attached hydrogens (primary N) is 1. The van der Waals surface area contributed by atoms with Gasteiger partial charge in [-0.15, -0.1) is 0 Å². The van der Waals surface area contributed by atoms with E-state index in [-0.39, 0.29) is 22.2 Å². The zero-order chi connectivity index (χ0) is 18.9. The summed E-state index contributed by atoms with van der Waals surface area (Å²) in [5, 5.41) is 7.18. The van der Waals surface area contributed by atoms with Gasteiger partial charge in [0.25, 0.3) is 5.91 Å². The first-order valence-electron chi connectivity index (χ1n) is 8.24. The number of furan rings is 1. The van der Waals surface area contributed by atoms with Crippen LogP contribution in [0, 0.1) is 12.3 Å². The number of nitrogens with zero attached hydrogens (tertiary/aromatic N) is 2. The molecule has 0 saturated heterocycles. The third kappa shape index (κ3) is 3.75. The van der Waals surface area contributed by atoms with Crippen molar-refractivity contribution < 1.29 is 9.21 Å². The summed E-state index contributed by atoms with van der Waals surface area (Å²) in [7, 11) is 0. The number of hydrogen-bond donors (Lipinski definition) is 3. The Hall–Kier alpha value is -2.74. The highest BCUT2D eigenvalue weighted by atomic mass is 32.1. The summed E-state index contributed by atoms with van der Waals surface area (Å²) < 4.78 is 5.93. The van der Waals surface area contributed by atoms with Crippen LogP contribution in [0.5, 0.6) is 0 Å². The monoisotopic (exact) mass is 371 g/mol. The zero-order valence-corrected chi connectivity index (χ0v) is 15.7. The number of anilines is 1. The second-order valence-electron chi connectivity index (χ2n) is 7.08. The van der Waals surface area contributed by atoms with Crippen molar-refractivity contribution in [2.45, 2.75) is 33.6 Å². The van der Waals surface area contributed by atoms with Gasteiger partial charge in [0.15, 0.2) is 10.9 Å². The summed E-state index contributed by atoms with van der Waals surface area (Å²) in [6, 6.07) is 5.31. The SMILES string of the molecule is Cc1c(C(=O)Nc2ccccn2)oc2c1/C(=N\NC(N)=S)CC(C)(C)C2. The molecule has 136 valence electrons. The molecule has 0 aliphatic heterocycles. The van der Waals surface area contributed by atoms with Gasteiger partial charge in [-0.05, 0) is 43.1 Å². The third-order valence-electron chi connectivity index (χ3n) is 4.21. The van der Waals surface area contributed by atoms with E-state index in [4.69, 9.17) is 22.4 Å². The molecule has 1 aliphatic rings. The average molecular weight is 371 g/mol. The lowest BCUT2D eigenvalue weighted by atomic mass is 9.75. The molecule has 0 bridgehead atoms. The predicted octanol–water partition coefficient (Wildman–Crippen LogP) is 2.75. The van der Waals surface area contributed by atoms with E-state index in [1.165, 1.54) is 0 Å². The Balaban J connectivity index is 1.97. The van der Waals surface area contributed by atoms with Crippen LogP contribution in [-0.4, -0.2) is 21.7 Å². The van der Waals surface area contributed by atoms with Crippen LogP contribution in [-0.2, 0) is 6.42 Å². The molecule has 0 aromatic carbocycles. The molecule has 2 aromatic heterocycles. The quantitative estimate of drug-likeness (QED) is 0.566. The summed E-state index contributed by atoms with van der Waals surface area (Å²) >= 11 is 4.84. The molecule has 1 aliphatic carbocycles. The van der Waals surface area contributed by atoms with Crippen molar-refractivity contribution in [1.82, 2.24) is 10.4 Å². The molecule has 7 nitrogen and oxygen atoms in total. The van der Waals surface area contributed by atoms with Gasteiger partial charge in [-0.3, -0.25) is 10.2 Å². The standard InChI is InChI=1S/C18H21N5O2S/c1-10-14-11(22-23-17(19)26)8-18(2,3)9-12(14)25-15(10)16(24)21-13-6-4-5-7-20-13/h4-7H,8-9H2,1-3H3,(H3,19,23,26)(H,20,21,24)/b22-11-. The fourth-order valence-corrected chi connectivity index (χ4v) is 3.20. The lowest BCUT2D eigenvalue weighted by molar-refractivity contribution is 0.0992. The zero-order valence-electron chi connectivity index (χ0n) is 14.9. The van der Waals surface area contributed by atoms with Crippen LogP contribution in [0.4, 0.5) is 5.82 Å². The maximum atomic E-state index is 12.6. The van der Waals surface area contributed by atoms with Crippen molar-refractivity contribution in [3.63, 3.8) is 0 Å². The van der Waals surface area contributed by atoms with Crippen molar-refractivity contribution in [3.8, 4) is 0 Å². The fourth-order valence-electron chi connectivity index (χ4n) is 3.16. The van der Waals surface area contributed by atoms with E-state index in [1.54, 1.807) is 24.4 Å². The maximum Gasteiger partial charge on any atom is 0.292 e. The molecular formula is C18H21N5O2S. The number of rotatable bonds is 3. The van der Waals surface area contributed by atoms with E-state index in [2.05, 4.69) is 34.7 Å². The highest BCUT2D eigenvalue weighted by Crippen LogP contribution is 2.38. The fraction of sp³-hybridized carbons (Fsp3) is 0.333. The number of aromatic nitrogens is 1. The number of thiocarbonyl (C=S) groups is 1. The van der Waals surface area contributed by atoms with Crippen molar-refractivity contribution in [2.75, 3.05) is 5.32 Å². The Morgan fingerprint density at radius 3 is 2.81 bits per heavy atom. The second kappa shape index (κ2) is 6.87. The molecule has 0 spiro atoms. The van der Waals surface area contributed by atoms with Gasteiger partial charge < -0.3 is 15.5 Å². The van der Waals surface area contributed by atoms with Crippen LogP contribution in [0.2, 0.25) is 0 Å². The minimum absolute atomic E-state index is 0.0528. The minimum atomic E-state index is -0.338. The summed E-state index contributed by atoms with van der Waals surface area (Å²) in [6.07, 6.45) is 3.05. The first kappa shape index (κ1) is 18.1. The van der Waals surface area contributed by atoms with E-state index in [0.717, 1.165) is 29.0 Å². The number of hydrazone groups is 1. The Morgan fingerprint density at radius 2 is 2.15 bits per heavy atom. The van der Waals surface area contributed by atoms with Gasteiger partial charge in [0.05, 0.1) is 5.71 Å². The molecule has 2 heterocycles. The number of carbonyl (C=O) groups is 1. The highest BCUT2D eigenvalue weighted by Gasteiger charge is 2.36. The van der Waals surface area contributed by atoms with E-state index in [1.807, 2.05) is 6.92 Å². The molecule has 26 heavy (non-hydrogen) atoms. The third-order valence-corrected chi connectivity index (χ3v) is 4.30. The number of carbonyl (C=O) groups excluding carboxylic acids is 1. The minimum Gasteiger partial charge on any atom is -0.455 e. The number of hydrogen-bond acceptors (Lipinski definition) is 5. The Morgan fingerprint density at radius 1 is 1.38 bits per heavy atom. The van der Waals surface area contributed by atoms with Crippen LogP contribution in [0.3, 0.4) is 0 Å². The number of amides is 1. The van der Waals surface area contributed by atoms with Gasteiger partial charge in [0.2, 0.25) is 0 Å². The summed E-state index contributed by atoms with van der Waals surface area (Å²) in [5.74, 6) is 1.14. The number of nitrogens with one attached hydrogen (secondary N) is 2. The Bertz CT molecular complexity index is 886. The van der Waals surface area contributed by atoms with Gasteiger partial charge in [-0.1, -0.05) is 19.9 Å². The van der Waals surface area contributed by atoms with Gasteiger partial charge >= 0.3 is 0 Å². The first-order chi connectivity index (χ1) is 12.3. The Kier molecular flexibility index (Phi) is 4.78. The van der Waals surface area contributed by atoms with Gasteiger partial charge in [-0.25, -0.2) is 4.98 Å². The molecule has 0 unspecified atom stereocenters. The van der Waals surface area contributed by atoms with Crippen molar-refractivity contribution in [1.29, 1.82) is 0 Å². The molecular weight excluding hydrogens is 350 g/mol. The molecule has 0 radical (unpaired) electrons. The lowest BCUT2D eigenvalue weighted by Gasteiger charge is -2.29. The van der Waals surface area contributed by atoms with Gasteiger partial charge in [-0.2, -0.15) is 5.10 Å².